The van der Waals surface area contributed by atoms with Gasteiger partial charge in [0.15, 0.2) is 17.3 Å². The Hall–Kier alpha value is -5.29. The van der Waals surface area contributed by atoms with Gasteiger partial charge in [-0.1, -0.05) is 45.0 Å². The third-order valence-corrected chi connectivity index (χ3v) is 10.5. The molecule has 0 spiro atoms. The van der Waals surface area contributed by atoms with Gasteiger partial charge in [-0.2, -0.15) is 10.4 Å². The summed E-state index contributed by atoms with van der Waals surface area (Å²) in [5.74, 6) is 0.561. The van der Waals surface area contributed by atoms with Gasteiger partial charge in [-0.25, -0.2) is 17.4 Å². The lowest BCUT2D eigenvalue weighted by atomic mass is 9.87. The Morgan fingerprint density at radius 1 is 0.959 bits per heavy atom. The van der Waals surface area contributed by atoms with E-state index in [-0.39, 0.29) is 25.4 Å². The van der Waals surface area contributed by atoms with Crippen molar-refractivity contribution >= 4 is 38.8 Å². The fourth-order valence-electron chi connectivity index (χ4n) is 5.00. The number of Topliss-reactive ketones (excluding diaryl/α,β-unsaturated/α-hetero) is 1. The van der Waals surface area contributed by atoms with E-state index in [4.69, 9.17) is 14.6 Å². The monoisotopic (exact) mass is 697 g/mol. The highest BCUT2D eigenvalue weighted by Gasteiger charge is 2.28. The zero-order chi connectivity index (χ0) is 35.7. The number of para-hydroxylation sites is 1. The summed E-state index contributed by atoms with van der Waals surface area (Å²) in [5.41, 5.74) is 1.06. The summed E-state index contributed by atoms with van der Waals surface area (Å²) in [6.07, 6.45) is 3.44. The minimum atomic E-state index is -3.87. The molecule has 0 N–H and O–H groups in total. The van der Waals surface area contributed by atoms with Crippen LogP contribution < -0.4 is 24.2 Å². The van der Waals surface area contributed by atoms with E-state index in [1.165, 1.54) is 44.0 Å². The highest BCUT2D eigenvalue weighted by Crippen LogP contribution is 2.33. The van der Waals surface area contributed by atoms with Gasteiger partial charge in [0.2, 0.25) is 10.0 Å². The zero-order valence-corrected chi connectivity index (χ0v) is 29.7. The number of carbonyl (C=O) groups excluding carboxylic acids is 1. The quantitative estimate of drug-likeness (QED) is 0.224. The van der Waals surface area contributed by atoms with Crippen LogP contribution in [0, 0.1) is 16.7 Å². The van der Waals surface area contributed by atoms with Crippen LogP contribution in [0.2, 0.25) is 0 Å². The first-order chi connectivity index (χ1) is 23.2. The molecule has 0 aliphatic rings. The summed E-state index contributed by atoms with van der Waals surface area (Å²) in [6, 6.07) is 22.7. The molecule has 0 saturated heterocycles. The lowest BCUT2D eigenvalue weighted by molar-refractivity contribution is -0.120. The van der Waals surface area contributed by atoms with E-state index in [0.717, 1.165) is 21.3 Å². The number of methoxy groups -OCH3 is 2. The van der Waals surface area contributed by atoms with Gasteiger partial charge in [-0.05, 0) is 54.6 Å². The molecule has 49 heavy (non-hydrogen) atoms. The van der Waals surface area contributed by atoms with Gasteiger partial charge in [0, 0.05) is 36.8 Å². The van der Waals surface area contributed by atoms with Crippen molar-refractivity contribution in [2.24, 2.45) is 5.41 Å². The van der Waals surface area contributed by atoms with E-state index in [0.29, 0.717) is 28.3 Å². The number of benzene rings is 3. The number of aromatic nitrogens is 3. The average Bonchev–Trinajstić information content (AvgIpc) is 3.65. The number of thiazole rings is 1. The Morgan fingerprint density at radius 3 is 2.24 bits per heavy atom. The lowest BCUT2D eigenvalue weighted by Crippen LogP contribution is -2.33. The van der Waals surface area contributed by atoms with Crippen LogP contribution >= 0.6 is 11.3 Å². The van der Waals surface area contributed by atoms with E-state index in [1.54, 1.807) is 63.0 Å². The van der Waals surface area contributed by atoms with E-state index in [9.17, 15) is 23.3 Å². The Morgan fingerprint density at radius 2 is 1.63 bits per heavy atom. The van der Waals surface area contributed by atoms with Gasteiger partial charge in [0.25, 0.3) is 5.56 Å². The van der Waals surface area contributed by atoms with Gasteiger partial charge in [-0.3, -0.25) is 14.2 Å². The number of nitriles is 1. The SMILES string of the molecule is COc1ccc(-c2nn(-c3ccccc3)cc2/C=c2\s/c(=C(/C#N)C(=O)C(C)(C)C)n(-c3cccc(S(=O)(=O)N(C)C)c3)c2=O)cc1OC. The minimum Gasteiger partial charge on any atom is -0.493 e. The van der Waals surface area contributed by atoms with E-state index in [1.807, 2.05) is 42.5 Å². The fourth-order valence-corrected chi connectivity index (χ4v) is 7.04. The number of ether oxygens (including phenoxy) is 2. The molecular weight excluding hydrogens is 663 g/mol. The van der Waals surface area contributed by atoms with E-state index < -0.39 is 26.8 Å². The molecule has 0 radical (unpaired) electrons. The molecule has 13 heteroatoms. The van der Waals surface area contributed by atoms with Crippen LogP contribution in [0.4, 0.5) is 0 Å². The first-order valence-corrected chi connectivity index (χ1v) is 17.3. The molecular formula is C36H35N5O6S2. The number of ketones is 1. The van der Waals surface area contributed by atoms with Crippen LogP contribution in [0.3, 0.4) is 0 Å². The Labute approximate surface area is 288 Å². The summed E-state index contributed by atoms with van der Waals surface area (Å²) in [7, 11) is 2.03. The molecule has 5 aromatic rings. The Balaban J connectivity index is 1.87. The van der Waals surface area contributed by atoms with Crippen LogP contribution in [-0.4, -0.2) is 61.2 Å². The van der Waals surface area contributed by atoms with Gasteiger partial charge in [0.05, 0.1) is 35.0 Å². The highest BCUT2D eigenvalue weighted by molar-refractivity contribution is 7.89. The molecule has 2 aromatic heterocycles. The molecule has 0 saturated carbocycles. The average molecular weight is 698 g/mol. The molecule has 5 rings (SSSR count). The second kappa shape index (κ2) is 13.7. The molecule has 0 amide bonds. The van der Waals surface area contributed by atoms with Crippen molar-refractivity contribution in [3.05, 3.63) is 104 Å². The summed E-state index contributed by atoms with van der Waals surface area (Å²) < 4.78 is 41.3. The van der Waals surface area contributed by atoms with Gasteiger partial charge in [0.1, 0.15) is 22.0 Å². The normalized spacial score (nSPS) is 12.9. The van der Waals surface area contributed by atoms with Crippen molar-refractivity contribution in [3.8, 4) is 40.2 Å². The summed E-state index contributed by atoms with van der Waals surface area (Å²) >= 11 is 0.968. The van der Waals surface area contributed by atoms with Crippen molar-refractivity contribution in [2.75, 3.05) is 28.3 Å². The summed E-state index contributed by atoms with van der Waals surface area (Å²) in [4.78, 5) is 27.9. The van der Waals surface area contributed by atoms with Crippen LogP contribution in [0.5, 0.6) is 11.5 Å². The van der Waals surface area contributed by atoms with Crippen LogP contribution in [-0.2, 0) is 14.8 Å². The second-order valence-corrected chi connectivity index (χ2v) is 15.4. The molecule has 0 unspecified atom stereocenters. The maximum absolute atomic E-state index is 14.4. The largest absolute Gasteiger partial charge is 0.493 e. The smallest absolute Gasteiger partial charge is 0.273 e. The zero-order valence-electron chi connectivity index (χ0n) is 28.1. The van der Waals surface area contributed by atoms with Crippen molar-refractivity contribution in [1.82, 2.24) is 18.7 Å². The topological polar surface area (TPSA) is 137 Å². The van der Waals surface area contributed by atoms with Crippen molar-refractivity contribution < 1.29 is 22.7 Å². The van der Waals surface area contributed by atoms with Crippen LogP contribution in [0.15, 0.2) is 88.7 Å². The predicted octanol–water partition coefficient (Wildman–Crippen LogP) is 4.14. The number of hydrogen-bond donors (Lipinski definition) is 0. The second-order valence-electron chi connectivity index (χ2n) is 12.2. The maximum atomic E-state index is 14.4. The highest BCUT2D eigenvalue weighted by atomic mass is 32.2. The van der Waals surface area contributed by atoms with Crippen molar-refractivity contribution in [1.29, 1.82) is 5.26 Å². The molecule has 0 atom stereocenters. The number of hydrogen-bond acceptors (Lipinski definition) is 9. The molecule has 252 valence electrons. The third kappa shape index (κ3) is 6.84. The van der Waals surface area contributed by atoms with Gasteiger partial charge in [-0.15, -0.1) is 11.3 Å². The Bertz CT molecular complexity index is 2390. The number of sulfonamides is 1. The van der Waals surface area contributed by atoms with Gasteiger partial charge < -0.3 is 9.47 Å². The first kappa shape index (κ1) is 35.0. The molecule has 0 fully saturated rings. The van der Waals surface area contributed by atoms with Crippen molar-refractivity contribution in [3.63, 3.8) is 0 Å². The number of rotatable bonds is 9. The molecule has 0 aliphatic heterocycles. The molecule has 3 aromatic carbocycles. The number of nitrogens with zero attached hydrogens (tertiary/aromatic N) is 5. The lowest BCUT2D eigenvalue weighted by Gasteiger charge is -2.16. The summed E-state index contributed by atoms with van der Waals surface area (Å²) in [6.45, 7) is 5.06. The first-order valence-electron chi connectivity index (χ1n) is 15.0. The number of carbonyl (C=O) groups is 1. The van der Waals surface area contributed by atoms with E-state index >= 15 is 0 Å². The van der Waals surface area contributed by atoms with Gasteiger partial charge >= 0.3 is 0 Å². The molecule has 11 nitrogen and oxygen atoms in total. The molecule has 0 aliphatic carbocycles. The van der Waals surface area contributed by atoms with E-state index in [2.05, 4.69) is 0 Å². The van der Waals surface area contributed by atoms with Crippen LogP contribution in [0.1, 0.15) is 26.3 Å². The third-order valence-electron chi connectivity index (χ3n) is 7.62. The Kier molecular flexibility index (Phi) is 9.78. The van der Waals surface area contributed by atoms with Crippen LogP contribution in [0.25, 0.3) is 34.3 Å². The minimum absolute atomic E-state index is 0.0508. The molecule has 2 heterocycles. The van der Waals surface area contributed by atoms with Crippen molar-refractivity contribution in [2.45, 2.75) is 25.7 Å². The summed E-state index contributed by atoms with van der Waals surface area (Å²) in [5, 5.41) is 15.1. The fraction of sp³-hybridized carbons (Fsp3) is 0.222. The molecule has 0 bridgehead atoms. The maximum Gasteiger partial charge on any atom is 0.273 e. The standard InChI is InChI=1S/C36H35N5O6S2/c1-36(2,3)33(42)28(21-37)35-41(26-14-11-15-27(20-26)49(44,45)39(4)5)34(43)31(48-35)19-24-22-40(25-12-9-8-10-13-25)38-32(24)23-16-17-29(46-6)30(18-23)47-7/h8-20,22H,1-7H3/b31-19-,35-28-. The predicted molar refractivity (Wildman–Crippen MR) is 189 cm³/mol.